The van der Waals surface area contributed by atoms with Gasteiger partial charge in [0.05, 0.1) is 0 Å². The molecule has 1 rings (SSSR count). The summed E-state index contributed by atoms with van der Waals surface area (Å²) in [5.74, 6) is 0.726. The van der Waals surface area contributed by atoms with Crippen molar-refractivity contribution in [3.63, 3.8) is 0 Å². The zero-order chi connectivity index (χ0) is 8.81. The largest absolute Gasteiger partial charge is 0.171 e. The minimum atomic E-state index is 0.338. The van der Waals surface area contributed by atoms with Crippen LogP contribution < -0.4 is 0 Å². The van der Waals surface area contributed by atoms with E-state index in [1.54, 1.807) is 0 Å². The smallest absolute Gasteiger partial charge is 0.0267 e. The van der Waals surface area contributed by atoms with E-state index in [9.17, 15) is 0 Å². The van der Waals surface area contributed by atoms with E-state index < -0.39 is 0 Å². The third-order valence-electron chi connectivity index (χ3n) is 1.80. The van der Waals surface area contributed by atoms with Gasteiger partial charge in [0.2, 0.25) is 0 Å². The lowest BCUT2D eigenvalue weighted by molar-refractivity contribution is 0.787. The van der Waals surface area contributed by atoms with E-state index in [-0.39, 0.29) is 0 Å². The number of rotatable bonds is 4. The average Bonchev–Trinajstić information content (AvgIpc) is 2.15. The summed E-state index contributed by atoms with van der Waals surface area (Å²) in [4.78, 5) is 0. The number of halogens is 1. The zero-order valence-electron chi connectivity index (χ0n) is 6.91. The molecular formula is C10H13ClS. The molecule has 0 N–H and O–H groups in total. The molecule has 0 fully saturated rings. The Kier molecular flexibility index (Phi) is 4.55. The Hall–Kier alpha value is -0.140. The maximum atomic E-state index is 5.60. The number of hydrogen-bond acceptors (Lipinski definition) is 1. The first-order valence-corrected chi connectivity index (χ1v) is 5.18. The number of hydrogen-bond donors (Lipinski definition) is 1. The van der Waals surface area contributed by atoms with Crippen LogP contribution >= 0.6 is 24.2 Å². The van der Waals surface area contributed by atoms with Crippen molar-refractivity contribution in [2.24, 2.45) is 0 Å². The second-order valence-corrected chi connectivity index (χ2v) is 3.76. The normalized spacial score (nSPS) is 12.8. The molecule has 1 aromatic carbocycles. The third-order valence-corrected chi connectivity index (χ3v) is 2.62. The predicted octanol–water partition coefficient (Wildman–Crippen LogP) is 3.68. The van der Waals surface area contributed by atoms with Crippen LogP contribution in [-0.2, 0) is 0 Å². The maximum absolute atomic E-state index is 5.60. The highest BCUT2D eigenvalue weighted by Crippen LogP contribution is 2.24. The SMILES string of the molecule is SC(CCCCl)c1ccccc1. The topological polar surface area (TPSA) is 0 Å². The van der Waals surface area contributed by atoms with Crippen molar-refractivity contribution in [2.75, 3.05) is 5.88 Å². The molecule has 0 aliphatic heterocycles. The van der Waals surface area contributed by atoms with Crippen molar-refractivity contribution >= 4 is 24.2 Å². The van der Waals surface area contributed by atoms with Gasteiger partial charge in [0.15, 0.2) is 0 Å². The first-order chi connectivity index (χ1) is 5.84. The molecule has 12 heavy (non-hydrogen) atoms. The Bertz CT molecular complexity index is 210. The third kappa shape index (κ3) is 3.08. The van der Waals surface area contributed by atoms with Crippen LogP contribution in [0, 0.1) is 0 Å². The predicted molar refractivity (Wildman–Crippen MR) is 58.1 cm³/mol. The molecule has 0 aliphatic rings. The van der Waals surface area contributed by atoms with Crippen LogP contribution in [0.1, 0.15) is 23.7 Å². The number of thiol groups is 1. The van der Waals surface area contributed by atoms with Gasteiger partial charge in [-0.05, 0) is 18.4 Å². The Labute approximate surface area is 84.3 Å². The molecule has 0 amide bonds. The minimum Gasteiger partial charge on any atom is -0.171 e. The Morgan fingerprint density at radius 2 is 1.92 bits per heavy atom. The highest BCUT2D eigenvalue weighted by molar-refractivity contribution is 7.80. The van der Waals surface area contributed by atoms with Crippen LogP contribution in [0.15, 0.2) is 30.3 Å². The van der Waals surface area contributed by atoms with Gasteiger partial charge in [-0.15, -0.1) is 11.6 Å². The van der Waals surface area contributed by atoms with Crippen LogP contribution in [-0.4, -0.2) is 5.88 Å². The first kappa shape index (κ1) is 9.94. The Morgan fingerprint density at radius 3 is 2.50 bits per heavy atom. The van der Waals surface area contributed by atoms with Gasteiger partial charge in [-0.2, -0.15) is 12.6 Å². The lowest BCUT2D eigenvalue weighted by Crippen LogP contribution is -1.90. The van der Waals surface area contributed by atoms with Crippen molar-refractivity contribution in [3.05, 3.63) is 35.9 Å². The van der Waals surface area contributed by atoms with Crippen molar-refractivity contribution in [1.82, 2.24) is 0 Å². The van der Waals surface area contributed by atoms with Crippen molar-refractivity contribution in [3.8, 4) is 0 Å². The van der Waals surface area contributed by atoms with Gasteiger partial charge >= 0.3 is 0 Å². The van der Waals surface area contributed by atoms with E-state index in [0.717, 1.165) is 18.7 Å². The molecule has 1 unspecified atom stereocenters. The van der Waals surface area contributed by atoms with Crippen LogP contribution in [0.4, 0.5) is 0 Å². The Morgan fingerprint density at radius 1 is 1.25 bits per heavy atom. The molecule has 0 saturated heterocycles. The van der Waals surface area contributed by atoms with E-state index in [4.69, 9.17) is 11.6 Å². The molecular weight excluding hydrogens is 188 g/mol. The summed E-state index contributed by atoms with van der Waals surface area (Å²) in [5, 5.41) is 0.338. The molecule has 2 heteroatoms. The maximum Gasteiger partial charge on any atom is 0.0267 e. The lowest BCUT2D eigenvalue weighted by Gasteiger charge is -2.08. The minimum absolute atomic E-state index is 0.338. The summed E-state index contributed by atoms with van der Waals surface area (Å²) in [5.41, 5.74) is 1.28. The van der Waals surface area contributed by atoms with Crippen molar-refractivity contribution in [1.29, 1.82) is 0 Å². The van der Waals surface area contributed by atoms with Gasteiger partial charge in [0.1, 0.15) is 0 Å². The summed E-state index contributed by atoms with van der Waals surface area (Å²) in [6.45, 7) is 0. The van der Waals surface area contributed by atoms with Gasteiger partial charge in [-0.25, -0.2) is 0 Å². The van der Waals surface area contributed by atoms with E-state index in [1.165, 1.54) is 5.56 Å². The summed E-state index contributed by atoms with van der Waals surface area (Å²) in [6, 6.07) is 10.3. The molecule has 1 aromatic rings. The van der Waals surface area contributed by atoms with Crippen LogP contribution in [0.3, 0.4) is 0 Å². The van der Waals surface area contributed by atoms with E-state index in [0.29, 0.717) is 5.25 Å². The van der Waals surface area contributed by atoms with Crippen LogP contribution in [0.2, 0.25) is 0 Å². The molecule has 0 heterocycles. The molecule has 0 saturated carbocycles. The molecule has 0 nitrogen and oxygen atoms in total. The standard InChI is InChI=1S/C10H13ClS/c11-8-4-7-10(12)9-5-2-1-3-6-9/h1-3,5-6,10,12H,4,7-8H2. The Balaban J connectivity index is 2.48. The van der Waals surface area contributed by atoms with Crippen molar-refractivity contribution < 1.29 is 0 Å². The number of benzene rings is 1. The molecule has 0 spiro atoms. The molecule has 66 valence electrons. The molecule has 0 aliphatic carbocycles. The van der Waals surface area contributed by atoms with E-state index in [2.05, 4.69) is 24.8 Å². The monoisotopic (exact) mass is 200 g/mol. The average molecular weight is 201 g/mol. The highest BCUT2D eigenvalue weighted by atomic mass is 35.5. The molecule has 1 atom stereocenters. The van der Waals surface area contributed by atoms with Gasteiger partial charge in [-0.3, -0.25) is 0 Å². The second kappa shape index (κ2) is 5.50. The fraction of sp³-hybridized carbons (Fsp3) is 0.400. The molecule has 0 aromatic heterocycles. The summed E-state index contributed by atoms with van der Waals surface area (Å²) in [7, 11) is 0. The van der Waals surface area contributed by atoms with Gasteiger partial charge in [0.25, 0.3) is 0 Å². The molecule has 0 bridgehead atoms. The van der Waals surface area contributed by atoms with E-state index in [1.807, 2.05) is 18.2 Å². The lowest BCUT2D eigenvalue weighted by atomic mass is 10.1. The molecule has 0 radical (unpaired) electrons. The van der Waals surface area contributed by atoms with Gasteiger partial charge in [-0.1, -0.05) is 30.3 Å². The van der Waals surface area contributed by atoms with Crippen molar-refractivity contribution in [2.45, 2.75) is 18.1 Å². The second-order valence-electron chi connectivity index (χ2n) is 2.76. The highest BCUT2D eigenvalue weighted by Gasteiger charge is 2.03. The number of alkyl halides is 1. The van der Waals surface area contributed by atoms with Crippen LogP contribution in [0.25, 0.3) is 0 Å². The van der Waals surface area contributed by atoms with Gasteiger partial charge in [0, 0.05) is 11.1 Å². The fourth-order valence-electron chi connectivity index (χ4n) is 1.11. The summed E-state index contributed by atoms with van der Waals surface area (Å²) in [6.07, 6.45) is 2.08. The van der Waals surface area contributed by atoms with Crippen LogP contribution in [0.5, 0.6) is 0 Å². The van der Waals surface area contributed by atoms with Gasteiger partial charge < -0.3 is 0 Å². The first-order valence-electron chi connectivity index (χ1n) is 4.13. The summed E-state index contributed by atoms with van der Waals surface area (Å²) >= 11 is 10.1. The fourth-order valence-corrected chi connectivity index (χ4v) is 1.62. The van der Waals surface area contributed by atoms with E-state index >= 15 is 0 Å². The zero-order valence-corrected chi connectivity index (χ0v) is 8.56. The quantitative estimate of drug-likeness (QED) is 0.557. The summed E-state index contributed by atoms with van der Waals surface area (Å²) < 4.78 is 0.